The molecule has 9 heteroatoms. The lowest BCUT2D eigenvalue weighted by Crippen LogP contribution is -2.17. The Hall–Kier alpha value is -2.87. The molecule has 1 N–H and O–H groups in total. The number of esters is 1. The quantitative estimate of drug-likeness (QED) is 0.112. The third-order valence-electron chi connectivity index (χ3n) is 4.27. The van der Waals surface area contributed by atoms with Crippen LogP contribution >= 0.6 is 39.1 Å². The third kappa shape index (κ3) is 8.20. The van der Waals surface area contributed by atoms with E-state index >= 15 is 0 Å². The van der Waals surface area contributed by atoms with Gasteiger partial charge in [-0.05, 0) is 78.7 Å². The number of carbonyl (C=O) groups excluding carboxylic acids is 2. The summed E-state index contributed by atoms with van der Waals surface area (Å²) in [4.78, 5) is 24.0. The Kier molecular flexibility index (Phi) is 9.30. The maximum absolute atomic E-state index is 12.0. The van der Waals surface area contributed by atoms with Crippen LogP contribution in [-0.4, -0.2) is 24.7 Å². The van der Waals surface area contributed by atoms with E-state index in [1.165, 1.54) is 6.21 Å². The van der Waals surface area contributed by atoms with Gasteiger partial charge in [-0.3, -0.25) is 9.59 Å². The van der Waals surface area contributed by atoms with Gasteiger partial charge in [-0.25, -0.2) is 5.43 Å². The highest BCUT2D eigenvalue weighted by molar-refractivity contribution is 9.10. The molecule has 0 aliphatic rings. The molecule has 0 heterocycles. The summed E-state index contributed by atoms with van der Waals surface area (Å²) in [7, 11) is 0. The number of halogens is 3. The highest BCUT2D eigenvalue weighted by atomic mass is 79.9. The summed E-state index contributed by atoms with van der Waals surface area (Å²) in [5, 5.41) is 4.89. The Morgan fingerprint density at radius 3 is 2.42 bits per heavy atom. The van der Waals surface area contributed by atoms with Crippen molar-refractivity contribution in [3.63, 3.8) is 0 Å². The predicted molar refractivity (Wildman–Crippen MR) is 132 cm³/mol. The van der Waals surface area contributed by atoms with E-state index in [0.29, 0.717) is 40.1 Å². The molecule has 1 amide bonds. The van der Waals surface area contributed by atoms with Crippen molar-refractivity contribution in [2.24, 2.45) is 5.10 Å². The topological polar surface area (TPSA) is 77.0 Å². The number of nitrogens with zero attached hydrogens (tertiary/aromatic N) is 1. The fraction of sp³-hybridized carbons (Fsp3) is 0.125. The van der Waals surface area contributed by atoms with Gasteiger partial charge in [0.15, 0.2) is 0 Å². The van der Waals surface area contributed by atoms with Crippen LogP contribution < -0.4 is 14.9 Å². The van der Waals surface area contributed by atoms with E-state index in [4.69, 9.17) is 32.7 Å². The molecule has 6 nitrogen and oxygen atoms in total. The van der Waals surface area contributed by atoms with E-state index in [2.05, 4.69) is 26.5 Å². The molecule has 170 valence electrons. The fourth-order valence-corrected chi connectivity index (χ4v) is 3.35. The first kappa shape index (κ1) is 24.8. The van der Waals surface area contributed by atoms with E-state index in [-0.39, 0.29) is 18.3 Å². The summed E-state index contributed by atoms with van der Waals surface area (Å²) in [6, 6.07) is 18.7. The first-order valence-electron chi connectivity index (χ1n) is 9.88. The molecular weight excluding hydrogens is 531 g/mol. The van der Waals surface area contributed by atoms with Gasteiger partial charge in [-0.1, -0.05) is 39.1 Å². The lowest BCUT2D eigenvalue weighted by atomic mass is 10.2. The maximum atomic E-state index is 12.0. The Morgan fingerprint density at radius 2 is 1.73 bits per heavy atom. The summed E-state index contributed by atoms with van der Waals surface area (Å²) in [5.41, 5.74) is 3.70. The zero-order valence-corrected chi connectivity index (χ0v) is 20.4. The average Bonchev–Trinajstić information content (AvgIpc) is 2.79. The van der Waals surface area contributed by atoms with Gasteiger partial charge in [0.05, 0.1) is 17.8 Å². The number of hydrogen-bond acceptors (Lipinski definition) is 5. The van der Waals surface area contributed by atoms with Crippen LogP contribution in [0.1, 0.15) is 28.8 Å². The Balaban J connectivity index is 1.39. The molecule has 0 aliphatic heterocycles. The van der Waals surface area contributed by atoms with Crippen LogP contribution in [0, 0.1) is 0 Å². The molecule has 0 aromatic heterocycles. The van der Waals surface area contributed by atoms with Crippen molar-refractivity contribution in [1.82, 2.24) is 5.43 Å². The summed E-state index contributed by atoms with van der Waals surface area (Å²) in [6.07, 6.45) is 2.17. The van der Waals surface area contributed by atoms with Crippen molar-refractivity contribution >= 4 is 57.2 Å². The molecule has 0 saturated carbocycles. The van der Waals surface area contributed by atoms with Gasteiger partial charge in [0.25, 0.3) is 5.91 Å². The van der Waals surface area contributed by atoms with E-state index in [9.17, 15) is 9.59 Å². The molecule has 0 radical (unpaired) electrons. The van der Waals surface area contributed by atoms with Crippen molar-refractivity contribution < 1.29 is 19.1 Å². The summed E-state index contributed by atoms with van der Waals surface area (Å²) >= 11 is 15.2. The lowest BCUT2D eigenvalue weighted by molar-refractivity contribution is -0.134. The lowest BCUT2D eigenvalue weighted by Gasteiger charge is -2.08. The number of ether oxygens (including phenoxy) is 2. The third-order valence-corrected chi connectivity index (χ3v) is 5.33. The first-order valence-corrected chi connectivity index (χ1v) is 11.4. The van der Waals surface area contributed by atoms with Gasteiger partial charge < -0.3 is 9.47 Å². The second-order valence-electron chi connectivity index (χ2n) is 6.78. The zero-order valence-electron chi connectivity index (χ0n) is 17.3. The van der Waals surface area contributed by atoms with Crippen LogP contribution in [0.4, 0.5) is 0 Å². The smallest absolute Gasteiger partial charge is 0.311 e. The molecule has 3 aromatic carbocycles. The maximum Gasteiger partial charge on any atom is 0.311 e. The molecule has 33 heavy (non-hydrogen) atoms. The molecule has 3 rings (SSSR count). The zero-order chi connectivity index (χ0) is 23.6. The molecule has 0 fully saturated rings. The van der Waals surface area contributed by atoms with Crippen LogP contribution in [0.5, 0.6) is 11.5 Å². The molecular formula is C24H19BrCl2N2O4. The Labute approximate surface area is 209 Å². The van der Waals surface area contributed by atoms with Gasteiger partial charge >= 0.3 is 5.97 Å². The second kappa shape index (κ2) is 12.4. The molecule has 0 saturated heterocycles. The second-order valence-corrected chi connectivity index (χ2v) is 8.54. The van der Waals surface area contributed by atoms with Crippen molar-refractivity contribution in [2.45, 2.75) is 12.8 Å². The minimum absolute atomic E-state index is 0.191. The number of rotatable bonds is 9. The number of carbonyl (C=O) groups is 2. The Morgan fingerprint density at radius 1 is 1.00 bits per heavy atom. The molecule has 0 unspecified atom stereocenters. The van der Waals surface area contributed by atoms with Gasteiger partial charge in [-0.2, -0.15) is 5.10 Å². The number of benzene rings is 3. The van der Waals surface area contributed by atoms with Crippen LogP contribution in [-0.2, 0) is 4.79 Å². The Bertz CT molecular complexity index is 1140. The highest BCUT2D eigenvalue weighted by Crippen LogP contribution is 2.27. The largest absolute Gasteiger partial charge is 0.492 e. The van der Waals surface area contributed by atoms with E-state index < -0.39 is 0 Å². The van der Waals surface area contributed by atoms with Gasteiger partial charge in [0, 0.05) is 21.5 Å². The van der Waals surface area contributed by atoms with Gasteiger partial charge in [0.1, 0.15) is 11.5 Å². The first-order chi connectivity index (χ1) is 15.9. The summed E-state index contributed by atoms with van der Waals surface area (Å²) in [5.74, 6) is 0.244. The van der Waals surface area contributed by atoms with E-state index in [1.807, 2.05) is 0 Å². The molecule has 0 atom stereocenters. The minimum atomic E-state index is -0.371. The summed E-state index contributed by atoms with van der Waals surface area (Å²) in [6.45, 7) is 0.317. The molecule has 0 aliphatic carbocycles. The standard InChI is InChI=1S/C24H19BrCl2N2O4/c25-18-7-5-17(6-8-18)24(31)29-28-15-16-3-10-20(11-4-16)33-23(30)2-1-13-32-22-12-9-19(26)14-21(22)27/h3-12,14-15H,1-2,13H2,(H,29,31)/b28-15+. The number of hydrogen-bond donors (Lipinski definition) is 1. The van der Waals surface area contributed by atoms with Crippen LogP contribution in [0.25, 0.3) is 0 Å². The fourth-order valence-electron chi connectivity index (χ4n) is 2.63. The number of amides is 1. The van der Waals surface area contributed by atoms with Crippen molar-refractivity contribution in [2.75, 3.05) is 6.61 Å². The number of hydrazone groups is 1. The summed E-state index contributed by atoms with van der Waals surface area (Å²) < 4.78 is 11.8. The van der Waals surface area contributed by atoms with Gasteiger partial charge in [0.2, 0.25) is 0 Å². The van der Waals surface area contributed by atoms with Crippen LogP contribution in [0.3, 0.4) is 0 Å². The molecule has 0 spiro atoms. The van der Waals surface area contributed by atoms with Crippen molar-refractivity contribution in [3.05, 3.63) is 92.4 Å². The van der Waals surface area contributed by atoms with Crippen LogP contribution in [0.2, 0.25) is 10.0 Å². The molecule has 0 bridgehead atoms. The normalized spacial score (nSPS) is 10.8. The highest BCUT2D eigenvalue weighted by Gasteiger charge is 2.07. The monoisotopic (exact) mass is 548 g/mol. The minimum Gasteiger partial charge on any atom is -0.492 e. The van der Waals surface area contributed by atoms with E-state index in [1.54, 1.807) is 66.7 Å². The van der Waals surface area contributed by atoms with Crippen molar-refractivity contribution in [3.8, 4) is 11.5 Å². The SMILES string of the molecule is O=C(CCCOc1ccc(Cl)cc1Cl)Oc1ccc(/C=N/NC(=O)c2ccc(Br)cc2)cc1. The van der Waals surface area contributed by atoms with Crippen molar-refractivity contribution in [1.29, 1.82) is 0 Å². The average molecular weight is 550 g/mol. The van der Waals surface area contributed by atoms with Crippen LogP contribution in [0.15, 0.2) is 76.3 Å². The predicted octanol–water partition coefficient (Wildman–Crippen LogP) is 6.28. The molecule has 3 aromatic rings. The number of nitrogens with one attached hydrogen (secondary N) is 1. The van der Waals surface area contributed by atoms with E-state index in [0.717, 1.165) is 10.0 Å². The van der Waals surface area contributed by atoms with Gasteiger partial charge in [-0.15, -0.1) is 0 Å².